The van der Waals surface area contributed by atoms with Gasteiger partial charge in [-0.2, -0.15) is 4.80 Å². The van der Waals surface area contributed by atoms with E-state index in [1.54, 1.807) is 23.0 Å². The zero-order valence-corrected chi connectivity index (χ0v) is 20.6. The average Bonchev–Trinajstić information content (AvgIpc) is 3.21. The van der Waals surface area contributed by atoms with Crippen molar-refractivity contribution in [1.82, 2.24) is 20.3 Å². The average molecular weight is 490 g/mol. The number of hydrogen-bond donors (Lipinski definition) is 2. The Labute approximate surface area is 208 Å². The van der Waals surface area contributed by atoms with Gasteiger partial charge in [-0.25, -0.2) is 0 Å². The second kappa shape index (κ2) is 10.2. The van der Waals surface area contributed by atoms with Crippen molar-refractivity contribution < 1.29 is 4.79 Å². The Hall–Kier alpha value is -3.55. The topological polar surface area (TPSA) is 71.8 Å². The van der Waals surface area contributed by atoms with Crippen LogP contribution < -0.4 is 10.6 Å². The Morgan fingerprint density at radius 2 is 1.68 bits per heavy atom. The maximum Gasteiger partial charge on any atom is 0.250 e. The summed E-state index contributed by atoms with van der Waals surface area (Å²) in [6.45, 7) is 6.27. The van der Waals surface area contributed by atoms with Crippen molar-refractivity contribution in [2.24, 2.45) is 0 Å². The number of benzene rings is 3. The fraction of sp³-hybridized carbons (Fsp3) is 0.154. The Bertz CT molecular complexity index is 1380. The van der Waals surface area contributed by atoms with Gasteiger partial charge in [0.2, 0.25) is 5.91 Å². The first-order valence-electron chi connectivity index (χ1n) is 10.8. The first-order chi connectivity index (χ1) is 16.3. The van der Waals surface area contributed by atoms with Gasteiger partial charge in [-0.1, -0.05) is 49.7 Å². The molecule has 0 aliphatic rings. The van der Waals surface area contributed by atoms with Gasteiger partial charge in [-0.15, -0.1) is 10.2 Å². The van der Waals surface area contributed by atoms with Crippen LogP contribution in [-0.4, -0.2) is 26.0 Å². The van der Waals surface area contributed by atoms with Crippen molar-refractivity contribution in [2.45, 2.75) is 26.7 Å². The van der Waals surface area contributed by atoms with Crippen LogP contribution in [0.4, 0.5) is 5.69 Å². The van der Waals surface area contributed by atoms with Crippen molar-refractivity contribution in [3.05, 3.63) is 88.5 Å². The number of hydrogen-bond acceptors (Lipinski definition) is 4. The molecule has 172 valence electrons. The van der Waals surface area contributed by atoms with Gasteiger partial charge in [0.15, 0.2) is 5.11 Å². The molecule has 4 rings (SSSR count). The highest BCUT2D eigenvalue weighted by Crippen LogP contribution is 2.23. The predicted molar refractivity (Wildman–Crippen MR) is 143 cm³/mol. The van der Waals surface area contributed by atoms with Gasteiger partial charge in [0.1, 0.15) is 11.0 Å². The molecule has 0 unspecified atom stereocenters. The molecular weight excluding hydrogens is 466 g/mol. The largest absolute Gasteiger partial charge is 0.332 e. The minimum atomic E-state index is -0.332. The number of carbonyl (C=O) groups excluding carboxylic acids is 1. The molecular formula is C26H24ClN5OS. The molecule has 1 amide bonds. The molecule has 1 heterocycles. The lowest BCUT2D eigenvalue weighted by molar-refractivity contribution is -0.115. The minimum Gasteiger partial charge on any atom is -0.332 e. The molecule has 0 spiro atoms. The third kappa shape index (κ3) is 5.68. The van der Waals surface area contributed by atoms with Crippen LogP contribution in [0.5, 0.6) is 0 Å². The monoisotopic (exact) mass is 489 g/mol. The van der Waals surface area contributed by atoms with E-state index in [2.05, 4.69) is 46.8 Å². The van der Waals surface area contributed by atoms with Crippen LogP contribution in [0.2, 0.25) is 5.02 Å². The van der Waals surface area contributed by atoms with Crippen LogP contribution in [0.15, 0.2) is 66.7 Å². The number of aromatic nitrogens is 3. The number of rotatable bonds is 5. The Balaban J connectivity index is 1.45. The molecule has 2 N–H and O–H groups in total. The number of halogens is 1. The van der Waals surface area contributed by atoms with Crippen LogP contribution in [0.25, 0.3) is 22.8 Å². The van der Waals surface area contributed by atoms with E-state index in [1.807, 2.05) is 43.3 Å². The number of anilines is 1. The number of nitrogens with one attached hydrogen (secondary N) is 2. The number of fused-ring (bicyclic) bond motifs is 1. The number of carbonyl (C=O) groups is 1. The third-order valence-corrected chi connectivity index (χ3v) is 5.76. The molecule has 3 aromatic carbocycles. The summed E-state index contributed by atoms with van der Waals surface area (Å²) in [6, 6.07) is 19.2. The van der Waals surface area contributed by atoms with Gasteiger partial charge in [-0.05, 0) is 84.2 Å². The maximum atomic E-state index is 12.2. The summed E-state index contributed by atoms with van der Waals surface area (Å²) < 4.78 is 0. The van der Waals surface area contributed by atoms with Gasteiger partial charge < -0.3 is 5.32 Å². The molecule has 8 heteroatoms. The second-order valence-electron chi connectivity index (χ2n) is 8.22. The zero-order chi connectivity index (χ0) is 24.2. The Morgan fingerprint density at radius 1 is 1.03 bits per heavy atom. The van der Waals surface area contributed by atoms with Crippen molar-refractivity contribution >= 4 is 57.6 Å². The molecule has 1 aromatic heterocycles. The van der Waals surface area contributed by atoms with Crippen molar-refractivity contribution in [3.8, 4) is 5.69 Å². The quantitative estimate of drug-likeness (QED) is 0.264. The maximum absolute atomic E-state index is 12.2. The first-order valence-corrected chi connectivity index (χ1v) is 11.6. The lowest BCUT2D eigenvalue weighted by atomic mass is 10.0. The van der Waals surface area contributed by atoms with Gasteiger partial charge in [0.05, 0.1) is 5.69 Å². The summed E-state index contributed by atoms with van der Waals surface area (Å²) in [4.78, 5) is 13.9. The Kier molecular flexibility index (Phi) is 7.05. The number of thiocarbonyl (C=S) groups is 1. The van der Waals surface area contributed by atoms with E-state index in [-0.39, 0.29) is 11.0 Å². The van der Waals surface area contributed by atoms with Crippen molar-refractivity contribution in [2.75, 3.05) is 5.32 Å². The van der Waals surface area contributed by atoms with E-state index in [0.717, 1.165) is 33.5 Å². The fourth-order valence-corrected chi connectivity index (χ4v) is 3.70. The molecule has 0 radical (unpaired) electrons. The highest BCUT2D eigenvalue weighted by Gasteiger charge is 2.11. The van der Waals surface area contributed by atoms with E-state index >= 15 is 0 Å². The molecule has 4 aromatic rings. The van der Waals surface area contributed by atoms with Crippen LogP contribution in [0.3, 0.4) is 0 Å². The summed E-state index contributed by atoms with van der Waals surface area (Å²) in [5, 5.41) is 15.8. The molecule has 0 aliphatic heterocycles. The number of nitrogens with zero attached hydrogens (tertiary/aromatic N) is 3. The summed E-state index contributed by atoms with van der Waals surface area (Å²) in [5.74, 6) is 0.134. The van der Waals surface area contributed by atoms with Gasteiger partial charge in [0, 0.05) is 16.8 Å². The van der Waals surface area contributed by atoms with Crippen molar-refractivity contribution in [3.63, 3.8) is 0 Å². The highest BCUT2D eigenvalue weighted by atomic mass is 35.5. The van der Waals surface area contributed by atoms with Crippen molar-refractivity contribution in [1.29, 1.82) is 0 Å². The van der Waals surface area contributed by atoms with Gasteiger partial charge in [0.25, 0.3) is 0 Å². The van der Waals surface area contributed by atoms with Crippen LogP contribution in [0, 0.1) is 6.92 Å². The number of aryl methyl sites for hydroxylation is 1. The standard InChI is InChI=1S/C26H24ClN5OS/c1-16(2)19-7-11-21(12-8-19)32-30-23-14-17(3)22(15-24(23)31-32)28-26(34)29-25(33)13-6-18-4-9-20(27)10-5-18/h4-16H,1-3H3,(H2,28,29,33,34)/b13-6+. The summed E-state index contributed by atoms with van der Waals surface area (Å²) in [7, 11) is 0. The summed E-state index contributed by atoms with van der Waals surface area (Å²) in [6.07, 6.45) is 3.11. The predicted octanol–water partition coefficient (Wildman–Crippen LogP) is 6.03. The lowest BCUT2D eigenvalue weighted by Gasteiger charge is -2.10. The highest BCUT2D eigenvalue weighted by molar-refractivity contribution is 7.80. The smallest absolute Gasteiger partial charge is 0.250 e. The fourth-order valence-electron chi connectivity index (χ4n) is 3.36. The summed E-state index contributed by atoms with van der Waals surface area (Å²) >= 11 is 11.2. The molecule has 34 heavy (non-hydrogen) atoms. The molecule has 0 saturated carbocycles. The molecule has 6 nitrogen and oxygen atoms in total. The van der Waals surface area contributed by atoms with E-state index in [1.165, 1.54) is 11.6 Å². The van der Waals surface area contributed by atoms with E-state index < -0.39 is 0 Å². The minimum absolute atomic E-state index is 0.199. The third-order valence-electron chi connectivity index (χ3n) is 5.30. The molecule has 0 bridgehead atoms. The normalized spacial score (nSPS) is 11.3. The SMILES string of the molecule is Cc1cc2nn(-c3ccc(C(C)C)cc3)nc2cc1NC(=S)NC(=O)/C=C/c1ccc(Cl)cc1. The zero-order valence-electron chi connectivity index (χ0n) is 19.0. The number of amides is 1. The van der Waals surface area contributed by atoms with E-state index in [0.29, 0.717) is 10.9 Å². The first kappa shape index (κ1) is 23.6. The van der Waals surface area contributed by atoms with Gasteiger partial charge in [-0.3, -0.25) is 10.1 Å². The van der Waals surface area contributed by atoms with Crippen LogP contribution in [-0.2, 0) is 4.79 Å². The van der Waals surface area contributed by atoms with Crippen LogP contribution in [0.1, 0.15) is 36.5 Å². The van der Waals surface area contributed by atoms with E-state index in [9.17, 15) is 4.79 Å². The van der Waals surface area contributed by atoms with Gasteiger partial charge >= 0.3 is 0 Å². The van der Waals surface area contributed by atoms with E-state index in [4.69, 9.17) is 23.8 Å². The molecule has 0 fully saturated rings. The van der Waals surface area contributed by atoms with Crippen LogP contribution >= 0.6 is 23.8 Å². The summed E-state index contributed by atoms with van der Waals surface area (Å²) in [5.41, 5.74) is 6.20. The lowest BCUT2D eigenvalue weighted by Crippen LogP contribution is -2.33. The molecule has 0 aliphatic carbocycles. The second-order valence-corrected chi connectivity index (χ2v) is 9.06. The molecule has 0 saturated heterocycles. The Morgan fingerprint density at radius 3 is 2.32 bits per heavy atom. The molecule has 0 atom stereocenters.